The summed E-state index contributed by atoms with van der Waals surface area (Å²) in [4.78, 5) is 4.50. The fourth-order valence-corrected chi connectivity index (χ4v) is 1.67. The largest absolute Gasteiger partial charge is 0.367 e. The molecule has 0 bridgehead atoms. The first-order valence-electron chi connectivity index (χ1n) is 5.46. The highest BCUT2D eigenvalue weighted by atomic mass is 15.3. The second-order valence-electron chi connectivity index (χ2n) is 3.85. The van der Waals surface area contributed by atoms with Crippen molar-refractivity contribution in [2.75, 3.05) is 6.54 Å². The minimum atomic E-state index is 0.718. The number of amidine groups is 1. The van der Waals surface area contributed by atoms with Crippen molar-refractivity contribution in [2.45, 2.75) is 32.2 Å². The van der Waals surface area contributed by atoms with E-state index in [1.54, 1.807) is 6.33 Å². The highest BCUT2D eigenvalue weighted by Gasteiger charge is 2.05. The molecule has 0 atom stereocenters. The van der Waals surface area contributed by atoms with Gasteiger partial charge in [0.25, 0.3) is 0 Å². The van der Waals surface area contributed by atoms with Crippen LogP contribution in [0.15, 0.2) is 11.3 Å². The van der Waals surface area contributed by atoms with Gasteiger partial charge in [-0.15, -0.1) is 10.2 Å². The molecule has 0 aliphatic carbocycles. The number of rotatable bonds is 2. The van der Waals surface area contributed by atoms with E-state index in [9.17, 15) is 0 Å². The maximum Gasteiger partial charge on any atom is 0.151 e. The van der Waals surface area contributed by atoms with E-state index in [0.717, 1.165) is 31.2 Å². The second kappa shape index (κ2) is 4.91. The molecular weight excluding hydrogens is 190 g/mol. The summed E-state index contributed by atoms with van der Waals surface area (Å²) in [6, 6.07) is 0. The number of hydrogen-bond donors (Lipinski definition) is 1. The lowest BCUT2D eigenvalue weighted by atomic mass is 10.2. The third kappa shape index (κ3) is 2.78. The van der Waals surface area contributed by atoms with E-state index in [0.29, 0.717) is 0 Å². The van der Waals surface area contributed by atoms with Gasteiger partial charge in [0.05, 0.1) is 12.4 Å². The van der Waals surface area contributed by atoms with Crippen LogP contribution in [-0.2, 0) is 13.6 Å². The molecule has 15 heavy (non-hydrogen) atoms. The van der Waals surface area contributed by atoms with Crippen LogP contribution < -0.4 is 5.32 Å². The van der Waals surface area contributed by atoms with Crippen molar-refractivity contribution < 1.29 is 0 Å². The Kier molecular flexibility index (Phi) is 3.32. The number of aliphatic imine (C=N–C) groups is 1. The van der Waals surface area contributed by atoms with E-state index in [1.165, 1.54) is 19.3 Å². The third-order valence-corrected chi connectivity index (χ3v) is 2.63. The van der Waals surface area contributed by atoms with Crippen LogP contribution in [0.4, 0.5) is 0 Å². The van der Waals surface area contributed by atoms with Crippen molar-refractivity contribution in [1.29, 1.82) is 0 Å². The van der Waals surface area contributed by atoms with Crippen LogP contribution >= 0.6 is 0 Å². The summed E-state index contributed by atoms with van der Waals surface area (Å²) in [6.45, 7) is 1.68. The third-order valence-electron chi connectivity index (χ3n) is 2.63. The van der Waals surface area contributed by atoms with E-state index in [2.05, 4.69) is 20.5 Å². The van der Waals surface area contributed by atoms with Crippen LogP contribution in [0.25, 0.3) is 0 Å². The fourth-order valence-electron chi connectivity index (χ4n) is 1.67. The molecule has 0 unspecified atom stereocenters. The Morgan fingerprint density at radius 2 is 2.33 bits per heavy atom. The normalized spacial score (nSPS) is 17.0. The van der Waals surface area contributed by atoms with Crippen molar-refractivity contribution in [3.8, 4) is 0 Å². The maximum atomic E-state index is 4.50. The zero-order valence-electron chi connectivity index (χ0n) is 9.11. The average molecular weight is 207 g/mol. The predicted octanol–water partition coefficient (Wildman–Crippen LogP) is 0.877. The molecule has 0 aromatic carbocycles. The first-order valence-corrected chi connectivity index (χ1v) is 5.46. The number of nitrogens with one attached hydrogen (secondary N) is 1. The molecule has 1 N–H and O–H groups in total. The first kappa shape index (κ1) is 10.1. The molecule has 1 aliphatic rings. The summed E-state index contributed by atoms with van der Waals surface area (Å²) in [5, 5.41) is 11.2. The van der Waals surface area contributed by atoms with Gasteiger partial charge in [0.15, 0.2) is 5.82 Å². The number of aromatic nitrogens is 3. The zero-order valence-corrected chi connectivity index (χ0v) is 9.11. The highest BCUT2D eigenvalue weighted by molar-refractivity contribution is 5.82. The van der Waals surface area contributed by atoms with Crippen LogP contribution in [0.5, 0.6) is 0 Å². The van der Waals surface area contributed by atoms with Crippen molar-refractivity contribution in [1.82, 2.24) is 20.1 Å². The lowest BCUT2D eigenvalue weighted by Gasteiger charge is -2.07. The van der Waals surface area contributed by atoms with Gasteiger partial charge in [-0.2, -0.15) is 0 Å². The molecule has 1 aliphatic heterocycles. The SMILES string of the molecule is Cn1cnnc1CNC1=NCCCCC1. The molecule has 5 nitrogen and oxygen atoms in total. The Hall–Kier alpha value is -1.39. The molecule has 0 saturated carbocycles. The molecule has 0 amide bonds. The van der Waals surface area contributed by atoms with Crippen LogP contribution in [-0.4, -0.2) is 27.1 Å². The minimum absolute atomic E-state index is 0.718. The Morgan fingerprint density at radius 1 is 1.40 bits per heavy atom. The van der Waals surface area contributed by atoms with E-state index < -0.39 is 0 Å². The molecular formula is C10H17N5. The molecule has 0 spiro atoms. The summed E-state index contributed by atoms with van der Waals surface area (Å²) < 4.78 is 1.92. The van der Waals surface area contributed by atoms with Gasteiger partial charge in [-0.05, 0) is 12.8 Å². The summed E-state index contributed by atoms with van der Waals surface area (Å²) >= 11 is 0. The predicted molar refractivity (Wildman–Crippen MR) is 58.6 cm³/mol. The smallest absolute Gasteiger partial charge is 0.151 e. The molecule has 0 fully saturated rings. The molecule has 5 heteroatoms. The van der Waals surface area contributed by atoms with Gasteiger partial charge in [-0.3, -0.25) is 4.99 Å². The standard InChI is InChI=1S/C10H17N5/c1-15-8-13-14-10(15)7-12-9-5-3-2-4-6-11-9/h8H,2-7H2,1H3,(H,11,12). The van der Waals surface area contributed by atoms with E-state index in [4.69, 9.17) is 0 Å². The summed E-state index contributed by atoms with van der Waals surface area (Å²) in [7, 11) is 1.95. The Bertz CT molecular complexity index is 341. The number of nitrogens with zero attached hydrogens (tertiary/aromatic N) is 4. The lowest BCUT2D eigenvalue weighted by molar-refractivity contribution is 0.719. The zero-order chi connectivity index (χ0) is 10.5. The molecule has 0 radical (unpaired) electrons. The maximum absolute atomic E-state index is 4.50. The molecule has 1 aromatic rings. The van der Waals surface area contributed by atoms with Gasteiger partial charge < -0.3 is 9.88 Å². The molecule has 2 rings (SSSR count). The molecule has 0 saturated heterocycles. The molecule has 1 aromatic heterocycles. The van der Waals surface area contributed by atoms with Crippen LogP contribution in [0.3, 0.4) is 0 Å². The highest BCUT2D eigenvalue weighted by Crippen LogP contribution is 2.06. The van der Waals surface area contributed by atoms with Crippen molar-refractivity contribution in [3.63, 3.8) is 0 Å². The first-order chi connectivity index (χ1) is 7.36. The van der Waals surface area contributed by atoms with Gasteiger partial charge in [0, 0.05) is 20.0 Å². The quantitative estimate of drug-likeness (QED) is 0.783. The van der Waals surface area contributed by atoms with Crippen LogP contribution in [0.1, 0.15) is 31.5 Å². The van der Waals surface area contributed by atoms with E-state index in [-0.39, 0.29) is 0 Å². The van der Waals surface area contributed by atoms with Crippen LogP contribution in [0.2, 0.25) is 0 Å². The summed E-state index contributed by atoms with van der Waals surface area (Å²) in [5.41, 5.74) is 0. The van der Waals surface area contributed by atoms with Crippen LogP contribution in [0, 0.1) is 0 Å². The van der Waals surface area contributed by atoms with Gasteiger partial charge in [0.2, 0.25) is 0 Å². The lowest BCUT2D eigenvalue weighted by Crippen LogP contribution is -2.24. The number of hydrogen-bond acceptors (Lipinski definition) is 4. The Labute approximate surface area is 89.6 Å². The monoisotopic (exact) mass is 207 g/mol. The van der Waals surface area contributed by atoms with Gasteiger partial charge in [0.1, 0.15) is 6.33 Å². The molecule has 2 heterocycles. The fraction of sp³-hybridized carbons (Fsp3) is 0.700. The summed E-state index contributed by atoms with van der Waals surface area (Å²) in [6.07, 6.45) is 6.53. The number of aryl methyl sites for hydroxylation is 1. The van der Waals surface area contributed by atoms with E-state index >= 15 is 0 Å². The van der Waals surface area contributed by atoms with E-state index in [1.807, 2.05) is 11.6 Å². The summed E-state index contributed by atoms with van der Waals surface area (Å²) in [5.74, 6) is 2.07. The molecule has 82 valence electrons. The Morgan fingerprint density at radius 3 is 3.13 bits per heavy atom. The van der Waals surface area contributed by atoms with Gasteiger partial charge in [-0.1, -0.05) is 6.42 Å². The second-order valence-corrected chi connectivity index (χ2v) is 3.85. The average Bonchev–Trinajstić information content (AvgIpc) is 2.53. The minimum Gasteiger partial charge on any atom is -0.367 e. The van der Waals surface area contributed by atoms with Crippen molar-refractivity contribution in [3.05, 3.63) is 12.2 Å². The van der Waals surface area contributed by atoms with Gasteiger partial charge >= 0.3 is 0 Å². The van der Waals surface area contributed by atoms with Crippen molar-refractivity contribution >= 4 is 5.84 Å². The Balaban J connectivity index is 1.87. The van der Waals surface area contributed by atoms with Crippen molar-refractivity contribution in [2.24, 2.45) is 12.0 Å². The topological polar surface area (TPSA) is 55.1 Å². The van der Waals surface area contributed by atoms with Gasteiger partial charge in [-0.25, -0.2) is 0 Å².